The van der Waals surface area contributed by atoms with Crippen molar-refractivity contribution in [1.82, 2.24) is 10.2 Å². The molecule has 8 nitrogen and oxygen atoms in total. The van der Waals surface area contributed by atoms with E-state index in [1.807, 2.05) is 12.1 Å². The third-order valence-corrected chi connectivity index (χ3v) is 6.94. The van der Waals surface area contributed by atoms with Crippen LogP contribution in [0.3, 0.4) is 0 Å². The van der Waals surface area contributed by atoms with Gasteiger partial charge in [-0.1, -0.05) is 36.4 Å². The smallest absolute Gasteiger partial charge is 0.303 e. The highest BCUT2D eigenvalue weighted by molar-refractivity contribution is 5.88. The van der Waals surface area contributed by atoms with Crippen molar-refractivity contribution < 1.29 is 29.4 Å². The molecule has 0 bridgehead atoms. The molecule has 1 aromatic carbocycles. The molecular weight excluding hydrogens is 448 g/mol. The van der Waals surface area contributed by atoms with Crippen molar-refractivity contribution >= 4 is 23.8 Å². The van der Waals surface area contributed by atoms with Gasteiger partial charge in [0.15, 0.2) is 0 Å². The first kappa shape index (κ1) is 26.4. The lowest BCUT2D eigenvalue weighted by Crippen LogP contribution is -2.51. The summed E-state index contributed by atoms with van der Waals surface area (Å²) in [4.78, 5) is 49.5. The molecule has 3 rings (SSSR count). The highest BCUT2D eigenvalue weighted by Gasteiger charge is 2.31. The minimum absolute atomic E-state index is 0.00450. The Balaban J connectivity index is 1.54. The molecule has 1 fully saturated rings. The number of likely N-dealkylation sites (tertiary alicyclic amines) is 1. The summed E-state index contributed by atoms with van der Waals surface area (Å²) in [6.07, 6.45) is 9.67. The van der Waals surface area contributed by atoms with Crippen LogP contribution in [-0.2, 0) is 25.6 Å². The Morgan fingerprint density at radius 1 is 1.00 bits per heavy atom. The highest BCUT2D eigenvalue weighted by Crippen LogP contribution is 2.29. The number of carbonyl (C=O) groups is 4. The number of nitrogens with zero attached hydrogens (tertiary/aromatic N) is 1. The Hall–Kier alpha value is -3.16. The van der Waals surface area contributed by atoms with Crippen molar-refractivity contribution in [3.05, 3.63) is 47.5 Å². The third-order valence-electron chi connectivity index (χ3n) is 6.94. The number of amides is 2. The Bertz CT molecular complexity index is 926. The van der Waals surface area contributed by atoms with Gasteiger partial charge < -0.3 is 20.4 Å². The van der Waals surface area contributed by atoms with Crippen molar-refractivity contribution in [3.63, 3.8) is 0 Å². The van der Waals surface area contributed by atoms with Gasteiger partial charge in [-0.3, -0.25) is 19.2 Å². The predicted octanol–water partition coefficient (Wildman–Crippen LogP) is 3.51. The lowest BCUT2D eigenvalue weighted by Gasteiger charge is -2.34. The van der Waals surface area contributed by atoms with E-state index in [9.17, 15) is 19.2 Å². The van der Waals surface area contributed by atoms with Crippen LogP contribution in [0.25, 0.3) is 0 Å². The lowest BCUT2D eigenvalue weighted by molar-refractivity contribution is -0.143. The summed E-state index contributed by atoms with van der Waals surface area (Å²) >= 11 is 0. The van der Waals surface area contributed by atoms with Gasteiger partial charge in [0.25, 0.3) is 0 Å². The Morgan fingerprint density at radius 2 is 1.77 bits per heavy atom. The van der Waals surface area contributed by atoms with E-state index in [2.05, 4.69) is 29.6 Å². The number of hydrogen-bond donors (Lipinski definition) is 3. The number of aryl methyl sites for hydroxylation is 1. The van der Waals surface area contributed by atoms with Crippen molar-refractivity contribution in [2.45, 2.75) is 76.2 Å². The van der Waals surface area contributed by atoms with Crippen LogP contribution in [0.1, 0.15) is 74.8 Å². The van der Waals surface area contributed by atoms with Crippen LogP contribution in [0.2, 0.25) is 0 Å². The zero-order chi connectivity index (χ0) is 25.2. The van der Waals surface area contributed by atoms with Crippen molar-refractivity contribution in [2.24, 2.45) is 5.92 Å². The van der Waals surface area contributed by atoms with Gasteiger partial charge in [0.2, 0.25) is 11.8 Å². The normalized spacial score (nSPS) is 20.7. The average Bonchev–Trinajstić information content (AvgIpc) is 2.85. The van der Waals surface area contributed by atoms with Crippen LogP contribution in [0.15, 0.2) is 36.4 Å². The molecule has 1 aliphatic carbocycles. The average molecular weight is 485 g/mol. The fraction of sp³-hybridized carbons (Fsp3) is 0.556. The van der Waals surface area contributed by atoms with E-state index in [-0.39, 0.29) is 43.4 Å². The van der Waals surface area contributed by atoms with Gasteiger partial charge in [-0.15, -0.1) is 0 Å². The van der Waals surface area contributed by atoms with E-state index in [0.717, 1.165) is 31.2 Å². The van der Waals surface area contributed by atoms with Gasteiger partial charge in [0.05, 0.1) is 0 Å². The van der Waals surface area contributed by atoms with E-state index in [1.54, 1.807) is 4.90 Å². The topological polar surface area (TPSA) is 124 Å². The van der Waals surface area contributed by atoms with Crippen LogP contribution in [0, 0.1) is 5.92 Å². The summed E-state index contributed by atoms with van der Waals surface area (Å²) in [6, 6.07) is 7.42. The number of carbonyl (C=O) groups excluding carboxylic acids is 2. The first-order valence-electron chi connectivity index (χ1n) is 12.6. The maximum absolute atomic E-state index is 13.1. The van der Waals surface area contributed by atoms with Crippen molar-refractivity contribution in [2.75, 3.05) is 13.1 Å². The zero-order valence-corrected chi connectivity index (χ0v) is 20.2. The quantitative estimate of drug-likeness (QED) is 0.413. The largest absolute Gasteiger partial charge is 0.481 e. The summed E-state index contributed by atoms with van der Waals surface area (Å²) < 4.78 is 0. The van der Waals surface area contributed by atoms with Gasteiger partial charge in [0.1, 0.15) is 6.04 Å². The second-order valence-corrected chi connectivity index (χ2v) is 9.67. The molecule has 1 saturated heterocycles. The third kappa shape index (κ3) is 8.53. The predicted molar refractivity (Wildman–Crippen MR) is 131 cm³/mol. The van der Waals surface area contributed by atoms with Crippen molar-refractivity contribution in [1.29, 1.82) is 0 Å². The lowest BCUT2D eigenvalue weighted by atomic mass is 9.87. The van der Waals surface area contributed by atoms with Gasteiger partial charge in [-0.05, 0) is 67.9 Å². The molecule has 1 aromatic rings. The van der Waals surface area contributed by atoms with Crippen molar-refractivity contribution in [3.8, 4) is 0 Å². The molecule has 190 valence electrons. The van der Waals surface area contributed by atoms with E-state index in [0.29, 0.717) is 31.8 Å². The summed E-state index contributed by atoms with van der Waals surface area (Å²) in [5, 5.41) is 20.9. The molecule has 3 N–H and O–H groups in total. The number of hydrogen-bond acceptors (Lipinski definition) is 4. The SMILES string of the molecule is O=C(O)CCC(NC(=O)CCc1ccc(C2CC=CCC2)cc1)C(=O)N1CCCC(CC(=O)O)C1. The van der Waals surface area contributed by atoms with E-state index >= 15 is 0 Å². The number of aliphatic carboxylic acids is 2. The van der Waals surface area contributed by atoms with E-state index < -0.39 is 18.0 Å². The number of rotatable bonds is 11. The Kier molecular flexibility index (Phi) is 9.87. The summed E-state index contributed by atoms with van der Waals surface area (Å²) in [5.74, 6) is -2.15. The number of nitrogens with one attached hydrogen (secondary N) is 1. The maximum atomic E-state index is 13.1. The molecule has 2 aliphatic rings. The minimum Gasteiger partial charge on any atom is -0.481 e. The number of piperidine rings is 1. The van der Waals surface area contributed by atoms with Crippen LogP contribution in [0.4, 0.5) is 0 Å². The van der Waals surface area contributed by atoms with Crippen LogP contribution in [0.5, 0.6) is 0 Å². The Labute approximate surface area is 206 Å². The second-order valence-electron chi connectivity index (χ2n) is 9.67. The van der Waals surface area contributed by atoms with Gasteiger partial charge >= 0.3 is 11.9 Å². The van der Waals surface area contributed by atoms with Crippen LogP contribution in [-0.4, -0.2) is 58.0 Å². The molecule has 35 heavy (non-hydrogen) atoms. The van der Waals surface area contributed by atoms with Gasteiger partial charge in [-0.25, -0.2) is 0 Å². The van der Waals surface area contributed by atoms with Crippen LogP contribution >= 0.6 is 0 Å². The summed E-state index contributed by atoms with van der Waals surface area (Å²) in [5.41, 5.74) is 2.35. The monoisotopic (exact) mass is 484 g/mol. The van der Waals surface area contributed by atoms with Gasteiger partial charge in [-0.2, -0.15) is 0 Å². The molecule has 1 heterocycles. The van der Waals surface area contributed by atoms with E-state index in [1.165, 1.54) is 5.56 Å². The van der Waals surface area contributed by atoms with E-state index in [4.69, 9.17) is 10.2 Å². The fourth-order valence-corrected chi connectivity index (χ4v) is 5.00. The zero-order valence-electron chi connectivity index (χ0n) is 20.2. The minimum atomic E-state index is -1.03. The molecule has 0 saturated carbocycles. The number of benzene rings is 1. The molecule has 0 aromatic heterocycles. The molecule has 0 radical (unpaired) electrons. The maximum Gasteiger partial charge on any atom is 0.303 e. The number of carboxylic acids is 2. The first-order valence-corrected chi connectivity index (χ1v) is 12.6. The fourth-order valence-electron chi connectivity index (χ4n) is 5.00. The summed E-state index contributed by atoms with van der Waals surface area (Å²) in [7, 11) is 0. The molecular formula is C27H36N2O6. The highest BCUT2D eigenvalue weighted by atomic mass is 16.4. The molecule has 2 amide bonds. The molecule has 3 atom stereocenters. The molecule has 1 aliphatic heterocycles. The molecule has 8 heteroatoms. The molecule has 0 spiro atoms. The first-order chi connectivity index (χ1) is 16.8. The summed E-state index contributed by atoms with van der Waals surface area (Å²) in [6.45, 7) is 0.797. The standard InChI is InChI=1S/C27H36N2O6/c30-24(14-10-19-8-11-22(12-9-19)21-6-2-1-3-7-21)28-23(13-15-25(31)32)27(35)29-16-4-5-20(18-29)17-26(33)34/h1-2,8-9,11-12,20-21,23H,3-7,10,13-18H2,(H,28,30)(H,31,32)(H,33,34). The molecule has 3 unspecified atom stereocenters. The van der Waals surface area contributed by atoms with Gasteiger partial charge in [0, 0.05) is 32.4 Å². The van der Waals surface area contributed by atoms with Crippen LogP contribution < -0.4 is 5.32 Å². The second kappa shape index (κ2) is 13.1. The number of allylic oxidation sites excluding steroid dienone is 2. The number of carboxylic acid groups (broad SMARTS) is 2. The Morgan fingerprint density at radius 3 is 2.43 bits per heavy atom.